The lowest BCUT2D eigenvalue weighted by atomic mass is 9.74. The number of para-hydroxylation sites is 15. The van der Waals surface area contributed by atoms with Gasteiger partial charge in [-0.1, -0.05) is 354 Å². The van der Waals surface area contributed by atoms with E-state index >= 15 is 0 Å². The molecule has 0 bridgehead atoms. The SMILES string of the molecule is CC1(C)c2ccccc2Nc2ccccc21.O=S1(=O)c2ccccc2C(c2ccccc2)c2ccccc21.c1ccc(-n2c3ccccc3c3ccccc32)cc1.c1ccc(-n2c3ccccc3c3ccccc32)cc1.c1ccc(N(c2ccccc2)c2ccccc2)cc1.c1ccc(Nc2ccccc2)cc1.c1ccc2c(c1)[nH]c1ccccc12. The summed E-state index contributed by atoms with van der Waals surface area (Å²) in [6.45, 7) is 4.57. The second-order valence-corrected chi connectivity index (χ2v) is 32.0. The van der Waals surface area contributed by atoms with Gasteiger partial charge >= 0.3 is 0 Å². The van der Waals surface area contributed by atoms with Gasteiger partial charge in [-0.25, -0.2) is 8.42 Å². The summed E-state index contributed by atoms with van der Waals surface area (Å²) in [5.74, 6) is -0.0443. The lowest BCUT2D eigenvalue weighted by Gasteiger charge is -2.35. The topological polar surface area (TPSA) is 87.1 Å². The van der Waals surface area contributed by atoms with Gasteiger partial charge in [0.15, 0.2) is 0 Å². The highest BCUT2D eigenvalue weighted by molar-refractivity contribution is 7.91. The number of hydrogen-bond acceptors (Lipinski definition) is 5. The molecule has 121 heavy (non-hydrogen) atoms. The third kappa shape index (κ3) is 17.0. The van der Waals surface area contributed by atoms with Crippen molar-refractivity contribution < 1.29 is 8.42 Å². The van der Waals surface area contributed by atoms with E-state index in [-0.39, 0.29) is 11.3 Å². The van der Waals surface area contributed by atoms with E-state index in [0.717, 1.165) is 28.1 Å². The van der Waals surface area contributed by atoms with Crippen molar-refractivity contribution in [1.29, 1.82) is 0 Å². The molecule has 5 heterocycles. The number of nitrogens with zero attached hydrogens (tertiary/aromatic N) is 3. The lowest BCUT2D eigenvalue weighted by molar-refractivity contribution is 0.589. The highest BCUT2D eigenvalue weighted by Gasteiger charge is 2.36. The molecule has 18 aromatic carbocycles. The number of hydrogen-bond donors (Lipinski definition) is 3. The molecule has 0 saturated carbocycles. The molecule has 0 unspecified atom stereocenters. The molecule has 2 aliphatic heterocycles. The normalized spacial score (nSPS) is 12.3. The van der Waals surface area contributed by atoms with Crippen LogP contribution in [0.15, 0.2) is 495 Å². The number of aromatic nitrogens is 3. The van der Waals surface area contributed by atoms with Crippen LogP contribution in [0.4, 0.5) is 39.8 Å². The van der Waals surface area contributed by atoms with E-state index < -0.39 is 9.84 Å². The fourth-order valence-corrected chi connectivity index (χ4v) is 18.3. The highest BCUT2D eigenvalue weighted by Crippen LogP contribution is 2.47. The summed E-state index contributed by atoms with van der Waals surface area (Å²) in [7, 11) is -3.44. The Bertz CT molecular complexity index is 6590. The maximum Gasteiger partial charge on any atom is 0.207 e. The Morgan fingerprint density at radius 3 is 0.917 bits per heavy atom. The van der Waals surface area contributed by atoms with Crippen molar-refractivity contribution in [2.24, 2.45) is 0 Å². The number of nitrogens with one attached hydrogen (secondary N) is 3. The van der Waals surface area contributed by atoms with Gasteiger partial charge in [0.05, 0.1) is 31.9 Å². The monoisotopic (exact) mass is 1580 g/mol. The zero-order valence-electron chi connectivity index (χ0n) is 67.3. The van der Waals surface area contributed by atoms with Crippen LogP contribution in [0.2, 0.25) is 0 Å². The molecule has 8 nitrogen and oxygen atoms in total. The highest BCUT2D eigenvalue weighted by atomic mass is 32.2. The minimum Gasteiger partial charge on any atom is -0.356 e. The first-order chi connectivity index (χ1) is 59.6. The van der Waals surface area contributed by atoms with E-state index in [4.69, 9.17) is 0 Å². The maximum atomic E-state index is 12.9. The minimum atomic E-state index is -3.44. The molecule has 9 heteroatoms. The first-order valence-corrected chi connectivity index (χ1v) is 42.4. The van der Waals surface area contributed by atoms with Gasteiger partial charge in [-0.15, -0.1) is 0 Å². The number of H-pyrrole nitrogens is 1. The van der Waals surface area contributed by atoms with Crippen molar-refractivity contribution in [3.05, 3.63) is 513 Å². The van der Waals surface area contributed by atoms with Gasteiger partial charge in [0.2, 0.25) is 9.84 Å². The largest absolute Gasteiger partial charge is 0.356 e. The van der Waals surface area contributed by atoms with E-state index in [1.54, 1.807) is 24.3 Å². The number of sulfone groups is 1. The molecule has 3 N–H and O–H groups in total. The van der Waals surface area contributed by atoms with Crippen LogP contribution in [0.25, 0.3) is 76.8 Å². The van der Waals surface area contributed by atoms with Gasteiger partial charge in [0, 0.05) is 106 Å². The van der Waals surface area contributed by atoms with Crippen molar-refractivity contribution in [1.82, 2.24) is 14.1 Å². The minimum absolute atomic E-state index is 0.0443. The summed E-state index contributed by atoms with van der Waals surface area (Å²) in [6, 6.07) is 165. The molecule has 2 aliphatic rings. The molecule has 0 radical (unpaired) electrons. The molecule has 0 saturated heterocycles. The van der Waals surface area contributed by atoms with E-state index in [1.807, 2.05) is 121 Å². The summed E-state index contributed by atoms with van der Waals surface area (Å²) in [6.07, 6.45) is 0. The average molecular weight is 1580 g/mol. The fourth-order valence-electron chi connectivity index (χ4n) is 16.5. The first-order valence-electron chi connectivity index (χ1n) is 40.9. The number of fused-ring (bicyclic) bond motifs is 13. The standard InChI is InChI=1S/C19H14O2S.2C18H13N.C18H15N.C15H15N.C12H9N.C12H11N/c20-22(21)17-12-6-4-10-15(17)19(14-8-2-1-3-9-14)16-11-5-7-13-18(16)22;2*1-2-8-14(9-3-1)19-17-12-6-4-10-15(17)16-11-5-7-13-18(16)19;1-4-10-16(11-5-1)19(17-12-6-2-7-13-17)18-14-8-3-9-15-18;1-15(2)11-7-3-5-9-13(11)16-14-10-6-4-8-12(14)15;1-3-7-11-9(5-1)10-6-2-4-8-12(10)13-11;1-3-7-11(8-4-1)13-12-9-5-2-6-10-12/h1-13,19H;2*1-13H;1-15H;3-10,16H,1-2H3;1-8,13H;1-10,13H. The maximum absolute atomic E-state index is 12.9. The number of anilines is 7. The second kappa shape index (κ2) is 36.5. The number of aromatic amines is 1. The van der Waals surface area contributed by atoms with Crippen molar-refractivity contribution in [3.8, 4) is 11.4 Å². The molecule has 21 aromatic rings. The molecule has 0 aliphatic carbocycles. The lowest BCUT2D eigenvalue weighted by Crippen LogP contribution is -2.25. The Kier molecular flexibility index (Phi) is 23.6. The van der Waals surface area contributed by atoms with Crippen LogP contribution in [-0.4, -0.2) is 22.5 Å². The Balaban J connectivity index is 0.000000101. The summed E-state index contributed by atoms with van der Waals surface area (Å²) in [5, 5.41) is 14.6. The first kappa shape index (κ1) is 78.2. The molecule has 0 fully saturated rings. The summed E-state index contributed by atoms with van der Waals surface area (Å²) in [4.78, 5) is 6.47. The van der Waals surface area contributed by atoms with Crippen molar-refractivity contribution >= 4 is 115 Å². The van der Waals surface area contributed by atoms with Crippen LogP contribution in [0.3, 0.4) is 0 Å². The van der Waals surface area contributed by atoms with Crippen molar-refractivity contribution in [3.63, 3.8) is 0 Å². The Morgan fingerprint density at radius 2 is 0.554 bits per heavy atom. The second-order valence-electron chi connectivity index (χ2n) is 30.1. The Morgan fingerprint density at radius 1 is 0.281 bits per heavy atom. The molecular weight excluding hydrogens is 1490 g/mol. The van der Waals surface area contributed by atoms with Gasteiger partial charge in [-0.05, 0) is 173 Å². The summed E-state index contributed by atoms with van der Waals surface area (Å²) < 4.78 is 30.4. The van der Waals surface area contributed by atoms with E-state index in [0.29, 0.717) is 9.79 Å². The number of rotatable bonds is 8. The van der Waals surface area contributed by atoms with Gasteiger partial charge in [-0.2, -0.15) is 0 Å². The van der Waals surface area contributed by atoms with Crippen LogP contribution < -0.4 is 15.5 Å². The predicted molar refractivity (Wildman–Crippen MR) is 509 cm³/mol. The smallest absolute Gasteiger partial charge is 0.207 e. The van der Waals surface area contributed by atoms with Crippen molar-refractivity contribution in [2.75, 3.05) is 15.5 Å². The molecule has 0 amide bonds. The molecule has 3 aromatic heterocycles. The zero-order chi connectivity index (χ0) is 82.2. The van der Waals surface area contributed by atoms with Crippen LogP contribution in [-0.2, 0) is 15.3 Å². The molecular formula is C112H90N6O2S. The third-order valence-corrected chi connectivity index (χ3v) is 24.0. The molecule has 23 rings (SSSR count). The van der Waals surface area contributed by atoms with Crippen LogP contribution in [0.1, 0.15) is 47.6 Å². The molecule has 0 atom stereocenters. The third-order valence-electron chi connectivity index (χ3n) is 22.1. The van der Waals surface area contributed by atoms with Crippen LogP contribution in [0.5, 0.6) is 0 Å². The van der Waals surface area contributed by atoms with E-state index in [1.165, 1.54) is 116 Å². The average Bonchev–Trinajstić information content (AvgIpc) is 1.69. The van der Waals surface area contributed by atoms with Gasteiger partial charge < -0.3 is 29.7 Å². The van der Waals surface area contributed by atoms with Gasteiger partial charge in [-0.3, -0.25) is 0 Å². The molecule has 586 valence electrons. The van der Waals surface area contributed by atoms with Crippen molar-refractivity contribution in [2.45, 2.75) is 35.0 Å². The van der Waals surface area contributed by atoms with E-state index in [9.17, 15) is 8.42 Å². The van der Waals surface area contributed by atoms with Gasteiger partial charge in [0.1, 0.15) is 0 Å². The number of benzene rings is 18. The Hall–Kier alpha value is -15.3. The quantitative estimate of drug-likeness (QED) is 0.141. The van der Waals surface area contributed by atoms with Crippen LogP contribution in [0, 0.1) is 0 Å². The summed E-state index contributed by atoms with van der Waals surface area (Å²) in [5.41, 5.74) is 23.7. The van der Waals surface area contributed by atoms with E-state index in [2.05, 4.69) is 383 Å². The van der Waals surface area contributed by atoms with Gasteiger partial charge in [0.25, 0.3) is 0 Å². The summed E-state index contributed by atoms with van der Waals surface area (Å²) >= 11 is 0. The Labute approximate surface area is 707 Å². The zero-order valence-corrected chi connectivity index (χ0v) is 68.1. The molecule has 0 spiro atoms. The predicted octanol–water partition coefficient (Wildman–Crippen LogP) is 29.6. The fraction of sp³-hybridized carbons (Fsp3) is 0.0357. The van der Waals surface area contributed by atoms with Crippen LogP contribution >= 0.6 is 0 Å².